The van der Waals surface area contributed by atoms with Crippen LogP contribution in [0.2, 0.25) is 0 Å². The molecule has 0 radical (unpaired) electrons. The summed E-state index contributed by atoms with van der Waals surface area (Å²) in [5.41, 5.74) is 0. The molecule has 1 saturated carbocycles. The third-order valence-electron chi connectivity index (χ3n) is 4.54. The van der Waals surface area contributed by atoms with Crippen molar-refractivity contribution in [1.82, 2.24) is 9.80 Å². The number of rotatable bonds is 6. The van der Waals surface area contributed by atoms with Gasteiger partial charge in [0.1, 0.15) is 0 Å². The molecule has 0 aromatic carbocycles. The number of hydrogen-bond acceptors (Lipinski definition) is 3. The van der Waals surface area contributed by atoms with Gasteiger partial charge in [-0.15, -0.1) is 0 Å². The van der Waals surface area contributed by atoms with Crippen molar-refractivity contribution < 1.29 is 9.90 Å². The predicted molar refractivity (Wildman–Crippen MR) is 71.6 cm³/mol. The van der Waals surface area contributed by atoms with Crippen LogP contribution in [0.1, 0.15) is 25.7 Å². The molecule has 2 fully saturated rings. The fourth-order valence-electron chi connectivity index (χ4n) is 3.00. The van der Waals surface area contributed by atoms with Crippen LogP contribution in [0.25, 0.3) is 0 Å². The van der Waals surface area contributed by atoms with Gasteiger partial charge in [0.05, 0.1) is 5.92 Å². The average molecular weight is 254 g/mol. The number of carboxylic acid groups (broad SMARTS) is 1. The number of piperidine rings is 1. The molecule has 1 aliphatic carbocycles. The summed E-state index contributed by atoms with van der Waals surface area (Å²) in [5, 5.41) is 8.87. The zero-order chi connectivity index (χ0) is 13.1. The van der Waals surface area contributed by atoms with Crippen molar-refractivity contribution in [2.75, 3.05) is 40.3 Å². The SMILES string of the molecule is CN1CCC(CCN(C)CC2CC2C(=O)O)CC1. The zero-order valence-corrected chi connectivity index (χ0v) is 11.6. The third-order valence-corrected chi connectivity index (χ3v) is 4.54. The Morgan fingerprint density at radius 3 is 2.61 bits per heavy atom. The van der Waals surface area contributed by atoms with E-state index in [1.165, 1.54) is 32.4 Å². The minimum Gasteiger partial charge on any atom is -0.481 e. The van der Waals surface area contributed by atoms with Crippen LogP contribution in [-0.4, -0.2) is 61.2 Å². The van der Waals surface area contributed by atoms with Gasteiger partial charge in [0.15, 0.2) is 0 Å². The van der Waals surface area contributed by atoms with Crippen molar-refractivity contribution in [2.45, 2.75) is 25.7 Å². The van der Waals surface area contributed by atoms with E-state index in [0.29, 0.717) is 5.92 Å². The van der Waals surface area contributed by atoms with E-state index in [1.807, 2.05) is 0 Å². The number of aliphatic carboxylic acids is 1. The summed E-state index contributed by atoms with van der Waals surface area (Å²) >= 11 is 0. The van der Waals surface area contributed by atoms with Crippen LogP contribution in [0.15, 0.2) is 0 Å². The largest absolute Gasteiger partial charge is 0.481 e. The number of likely N-dealkylation sites (tertiary alicyclic amines) is 1. The lowest BCUT2D eigenvalue weighted by Gasteiger charge is -2.30. The van der Waals surface area contributed by atoms with Gasteiger partial charge in [-0.25, -0.2) is 0 Å². The highest BCUT2D eigenvalue weighted by Gasteiger charge is 2.43. The van der Waals surface area contributed by atoms with Gasteiger partial charge in [0, 0.05) is 6.54 Å². The van der Waals surface area contributed by atoms with Gasteiger partial charge in [-0.2, -0.15) is 0 Å². The summed E-state index contributed by atoms with van der Waals surface area (Å²) in [4.78, 5) is 15.5. The monoisotopic (exact) mass is 254 g/mol. The second-order valence-corrected chi connectivity index (χ2v) is 6.24. The molecule has 4 heteroatoms. The molecule has 2 aliphatic rings. The van der Waals surface area contributed by atoms with Crippen LogP contribution >= 0.6 is 0 Å². The molecule has 2 atom stereocenters. The van der Waals surface area contributed by atoms with Gasteiger partial charge < -0.3 is 14.9 Å². The molecule has 104 valence electrons. The van der Waals surface area contributed by atoms with E-state index in [4.69, 9.17) is 5.11 Å². The Labute approximate surface area is 110 Å². The first-order chi connectivity index (χ1) is 8.56. The summed E-state index contributed by atoms with van der Waals surface area (Å²) in [6, 6.07) is 0. The van der Waals surface area contributed by atoms with Crippen molar-refractivity contribution in [2.24, 2.45) is 17.8 Å². The standard InChI is InChI=1S/C14H26N2O2/c1-15-6-3-11(4-7-15)5-8-16(2)10-12-9-13(12)14(17)18/h11-13H,3-10H2,1-2H3,(H,17,18). The molecular weight excluding hydrogens is 228 g/mol. The molecule has 1 aliphatic heterocycles. The van der Waals surface area contributed by atoms with Crippen molar-refractivity contribution >= 4 is 5.97 Å². The molecule has 1 N–H and O–H groups in total. The first-order valence-electron chi connectivity index (χ1n) is 7.16. The fraction of sp³-hybridized carbons (Fsp3) is 0.929. The predicted octanol–water partition coefficient (Wildman–Crippen LogP) is 1.37. The molecule has 0 spiro atoms. The van der Waals surface area contributed by atoms with Crippen molar-refractivity contribution in [3.63, 3.8) is 0 Å². The fourth-order valence-corrected chi connectivity index (χ4v) is 3.00. The van der Waals surface area contributed by atoms with Crippen LogP contribution in [0.4, 0.5) is 0 Å². The van der Waals surface area contributed by atoms with Gasteiger partial charge >= 0.3 is 5.97 Å². The number of hydrogen-bond donors (Lipinski definition) is 1. The van der Waals surface area contributed by atoms with Crippen LogP contribution in [0.5, 0.6) is 0 Å². The van der Waals surface area contributed by atoms with Gasteiger partial charge in [-0.1, -0.05) is 0 Å². The highest BCUT2D eigenvalue weighted by atomic mass is 16.4. The molecule has 1 heterocycles. The summed E-state index contributed by atoms with van der Waals surface area (Å²) in [7, 11) is 4.33. The molecule has 2 unspecified atom stereocenters. The Hall–Kier alpha value is -0.610. The van der Waals surface area contributed by atoms with Crippen LogP contribution in [-0.2, 0) is 4.79 Å². The molecular formula is C14H26N2O2. The van der Waals surface area contributed by atoms with E-state index in [-0.39, 0.29) is 5.92 Å². The maximum Gasteiger partial charge on any atom is 0.306 e. The topological polar surface area (TPSA) is 43.8 Å². The average Bonchev–Trinajstić information content (AvgIpc) is 3.08. The molecule has 1 saturated heterocycles. The van der Waals surface area contributed by atoms with Gasteiger partial charge in [-0.3, -0.25) is 4.79 Å². The molecule has 2 rings (SSSR count). The minimum atomic E-state index is -0.608. The lowest BCUT2D eigenvalue weighted by Crippen LogP contribution is -2.32. The first kappa shape index (κ1) is 13.8. The minimum absolute atomic E-state index is 0.0595. The van der Waals surface area contributed by atoms with Crippen molar-refractivity contribution in [1.29, 1.82) is 0 Å². The Bertz CT molecular complexity index is 288. The zero-order valence-electron chi connectivity index (χ0n) is 11.6. The summed E-state index contributed by atoms with van der Waals surface area (Å²) in [6.45, 7) is 4.55. The van der Waals surface area contributed by atoms with Gasteiger partial charge in [0.2, 0.25) is 0 Å². The van der Waals surface area contributed by atoms with Gasteiger partial charge in [0.25, 0.3) is 0 Å². The Morgan fingerprint density at radius 1 is 1.39 bits per heavy atom. The van der Waals surface area contributed by atoms with E-state index in [9.17, 15) is 4.79 Å². The third kappa shape index (κ3) is 3.95. The molecule has 18 heavy (non-hydrogen) atoms. The summed E-state index contributed by atoms with van der Waals surface area (Å²) in [6.07, 6.45) is 4.81. The normalized spacial score (nSPS) is 29.7. The first-order valence-corrected chi connectivity index (χ1v) is 7.16. The van der Waals surface area contributed by atoms with Gasteiger partial charge in [-0.05, 0) is 71.2 Å². The molecule has 0 aromatic heterocycles. The van der Waals surface area contributed by atoms with Crippen LogP contribution < -0.4 is 0 Å². The quantitative estimate of drug-likeness (QED) is 0.777. The second kappa shape index (κ2) is 6.02. The molecule has 0 bridgehead atoms. The van der Waals surface area contributed by atoms with Crippen LogP contribution in [0.3, 0.4) is 0 Å². The number of nitrogens with zero attached hydrogens (tertiary/aromatic N) is 2. The Balaban J connectivity index is 1.58. The van der Waals surface area contributed by atoms with E-state index >= 15 is 0 Å². The molecule has 0 amide bonds. The highest BCUT2D eigenvalue weighted by molar-refractivity contribution is 5.73. The van der Waals surface area contributed by atoms with Crippen molar-refractivity contribution in [3.05, 3.63) is 0 Å². The Morgan fingerprint density at radius 2 is 2.06 bits per heavy atom. The van der Waals surface area contributed by atoms with E-state index in [2.05, 4.69) is 23.9 Å². The maximum atomic E-state index is 10.8. The number of carbonyl (C=O) groups is 1. The molecule has 4 nitrogen and oxygen atoms in total. The van der Waals surface area contributed by atoms with Crippen molar-refractivity contribution in [3.8, 4) is 0 Å². The van der Waals surface area contributed by atoms with E-state index in [1.54, 1.807) is 0 Å². The Kier molecular flexibility index (Phi) is 4.62. The second-order valence-electron chi connectivity index (χ2n) is 6.24. The highest BCUT2D eigenvalue weighted by Crippen LogP contribution is 2.39. The maximum absolute atomic E-state index is 10.8. The van der Waals surface area contributed by atoms with E-state index < -0.39 is 5.97 Å². The number of carboxylic acids is 1. The van der Waals surface area contributed by atoms with E-state index in [0.717, 1.165) is 25.4 Å². The smallest absolute Gasteiger partial charge is 0.306 e. The lowest BCUT2D eigenvalue weighted by atomic mass is 9.94. The van der Waals surface area contributed by atoms with Crippen LogP contribution in [0, 0.1) is 17.8 Å². The summed E-state index contributed by atoms with van der Waals surface area (Å²) in [5.74, 6) is 0.614. The molecule has 0 aromatic rings. The lowest BCUT2D eigenvalue weighted by molar-refractivity contribution is -0.138. The summed E-state index contributed by atoms with van der Waals surface area (Å²) < 4.78 is 0.